The lowest BCUT2D eigenvalue weighted by Gasteiger charge is -2.24. The van der Waals surface area contributed by atoms with Crippen molar-refractivity contribution in [1.29, 1.82) is 0 Å². The Morgan fingerprint density at radius 2 is 1.90 bits per heavy atom. The number of carbonyl (C=O) groups excluding carboxylic acids is 1. The van der Waals surface area contributed by atoms with E-state index in [1.807, 2.05) is 26.8 Å². The van der Waals surface area contributed by atoms with E-state index in [-0.39, 0.29) is 11.6 Å². The van der Waals surface area contributed by atoms with Crippen molar-refractivity contribution in [2.75, 3.05) is 13.2 Å². The summed E-state index contributed by atoms with van der Waals surface area (Å²) in [6.07, 6.45) is 9.01. The van der Waals surface area contributed by atoms with E-state index in [0.29, 0.717) is 12.5 Å². The van der Waals surface area contributed by atoms with Crippen LogP contribution in [0.4, 0.5) is 0 Å². The molecule has 0 aromatic carbocycles. The Kier molecular flexibility index (Phi) is 10.1. The van der Waals surface area contributed by atoms with Crippen molar-refractivity contribution in [2.24, 2.45) is 5.92 Å². The fourth-order valence-corrected chi connectivity index (χ4v) is 2.14. The van der Waals surface area contributed by atoms with Crippen molar-refractivity contribution in [3.8, 4) is 0 Å². The topological polar surface area (TPSA) is 35.5 Å². The summed E-state index contributed by atoms with van der Waals surface area (Å²) in [6.45, 7) is 13.4. The molecular formula is C18H32O3. The van der Waals surface area contributed by atoms with E-state index in [9.17, 15) is 4.79 Å². The molecule has 1 unspecified atom stereocenters. The maximum absolute atomic E-state index is 11.3. The van der Waals surface area contributed by atoms with Gasteiger partial charge in [0.1, 0.15) is 0 Å². The first kappa shape index (κ1) is 19.9. The summed E-state index contributed by atoms with van der Waals surface area (Å²) in [5, 5.41) is 0. The molecule has 1 atom stereocenters. The largest absolute Gasteiger partial charge is 0.463 e. The van der Waals surface area contributed by atoms with Crippen molar-refractivity contribution in [3.05, 3.63) is 23.8 Å². The van der Waals surface area contributed by atoms with Crippen LogP contribution >= 0.6 is 0 Å². The molecule has 0 saturated carbocycles. The van der Waals surface area contributed by atoms with Crippen molar-refractivity contribution in [3.63, 3.8) is 0 Å². The van der Waals surface area contributed by atoms with Gasteiger partial charge < -0.3 is 9.47 Å². The second-order valence-corrected chi connectivity index (χ2v) is 6.06. The van der Waals surface area contributed by atoms with Crippen LogP contribution in [0.3, 0.4) is 0 Å². The van der Waals surface area contributed by atoms with Gasteiger partial charge in [0.25, 0.3) is 0 Å². The van der Waals surface area contributed by atoms with Crippen LogP contribution in [-0.4, -0.2) is 24.8 Å². The lowest BCUT2D eigenvalue weighted by Crippen LogP contribution is -2.24. The molecule has 0 fully saturated rings. The molecule has 0 rings (SSSR count). The molecule has 0 bridgehead atoms. The fraction of sp³-hybridized carbons (Fsp3) is 0.722. The van der Waals surface area contributed by atoms with Gasteiger partial charge in [-0.15, -0.1) is 0 Å². The first-order valence-electron chi connectivity index (χ1n) is 7.98. The number of ether oxygens (including phenoxy) is 2. The van der Waals surface area contributed by atoms with Crippen LogP contribution in [0.5, 0.6) is 0 Å². The minimum atomic E-state index is -0.272. The van der Waals surface area contributed by atoms with E-state index >= 15 is 0 Å². The zero-order chi connectivity index (χ0) is 16.3. The predicted molar refractivity (Wildman–Crippen MR) is 88.3 cm³/mol. The normalized spacial score (nSPS) is 14.5. The first-order chi connectivity index (χ1) is 9.80. The highest BCUT2D eigenvalue weighted by molar-refractivity contribution is 5.83. The molecule has 0 radical (unpaired) electrons. The molecule has 0 aliphatic carbocycles. The van der Waals surface area contributed by atoms with Crippen molar-refractivity contribution < 1.29 is 14.3 Å². The molecule has 0 aliphatic heterocycles. The molecular weight excluding hydrogens is 264 g/mol. The summed E-state index contributed by atoms with van der Waals surface area (Å²) in [7, 11) is 0. The number of hydrogen-bond donors (Lipinski definition) is 0. The molecule has 0 heterocycles. The monoisotopic (exact) mass is 296 g/mol. The van der Waals surface area contributed by atoms with E-state index in [4.69, 9.17) is 9.47 Å². The van der Waals surface area contributed by atoms with Crippen LogP contribution in [0.2, 0.25) is 0 Å². The smallest absolute Gasteiger partial charge is 0.330 e. The highest BCUT2D eigenvalue weighted by Crippen LogP contribution is 2.20. The lowest BCUT2D eigenvalue weighted by atomic mass is 9.96. The van der Waals surface area contributed by atoms with E-state index in [2.05, 4.69) is 26.8 Å². The first-order valence-corrected chi connectivity index (χ1v) is 7.98. The van der Waals surface area contributed by atoms with E-state index in [0.717, 1.165) is 31.4 Å². The van der Waals surface area contributed by atoms with Gasteiger partial charge in [-0.05, 0) is 59.0 Å². The van der Waals surface area contributed by atoms with E-state index < -0.39 is 0 Å². The van der Waals surface area contributed by atoms with Crippen LogP contribution in [0.15, 0.2) is 23.8 Å². The Hall–Kier alpha value is -1.09. The van der Waals surface area contributed by atoms with Gasteiger partial charge in [-0.1, -0.05) is 25.5 Å². The quantitative estimate of drug-likeness (QED) is 0.334. The molecule has 0 N–H and O–H groups in total. The van der Waals surface area contributed by atoms with E-state index in [1.165, 1.54) is 6.08 Å². The van der Waals surface area contributed by atoms with Crippen LogP contribution in [0.25, 0.3) is 0 Å². The zero-order valence-electron chi connectivity index (χ0n) is 14.6. The van der Waals surface area contributed by atoms with Gasteiger partial charge in [-0.2, -0.15) is 0 Å². The molecule has 0 aromatic heterocycles. The SMILES string of the molecule is CCOC(=O)/C=C(C)/C=C/C(C)CCCC(C)(C)OCC. The Labute approximate surface area is 130 Å². The summed E-state index contributed by atoms with van der Waals surface area (Å²) in [5.41, 5.74) is 0.896. The van der Waals surface area contributed by atoms with Crippen LogP contribution in [0.1, 0.15) is 60.8 Å². The maximum Gasteiger partial charge on any atom is 0.330 e. The molecule has 0 saturated heterocycles. The number of carbonyl (C=O) groups is 1. The number of esters is 1. The second kappa shape index (κ2) is 10.6. The van der Waals surface area contributed by atoms with Crippen LogP contribution < -0.4 is 0 Å². The second-order valence-electron chi connectivity index (χ2n) is 6.06. The minimum absolute atomic E-state index is 0.0298. The Morgan fingerprint density at radius 3 is 2.48 bits per heavy atom. The molecule has 122 valence electrons. The van der Waals surface area contributed by atoms with Crippen molar-refractivity contribution in [2.45, 2.75) is 66.4 Å². The van der Waals surface area contributed by atoms with Gasteiger partial charge in [-0.3, -0.25) is 0 Å². The third kappa shape index (κ3) is 11.3. The maximum atomic E-state index is 11.3. The van der Waals surface area contributed by atoms with Gasteiger partial charge >= 0.3 is 5.97 Å². The summed E-state index contributed by atoms with van der Waals surface area (Å²) >= 11 is 0. The summed E-state index contributed by atoms with van der Waals surface area (Å²) < 4.78 is 10.6. The summed E-state index contributed by atoms with van der Waals surface area (Å²) in [6, 6.07) is 0. The molecule has 3 heteroatoms. The van der Waals surface area contributed by atoms with E-state index in [1.54, 1.807) is 0 Å². The molecule has 0 aromatic rings. The van der Waals surface area contributed by atoms with Gasteiger partial charge in [0.2, 0.25) is 0 Å². The Bertz CT molecular complexity index is 353. The van der Waals surface area contributed by atoms with Gasteiger partial charge in [0, 0.05) is 12.7 Å². The highest BCUT2D eigenvalue weighted by atomic mass is 16.5. The standard InChI is InChI=1S/C18H32O3/c1-7-20-17(19)14-16(4)12-11-15(3)10-9-13-18(5,6)21-8-2/h11-12,14-15H,7-10,13H2,1-6H3/b12-11+,16-14+. The van der Waals surface area contributed by atoms with Crippen molar-refractivity contribution >= 4 is 5.97 Å². The fourth-order valence-electron chi connectivity index (χ4n) is 2.14. The van der Waals surface area contributed by atoms with Crippen molar-refractivity contribution in [1.82, 2.24) is 0 Å². The average molecular weight is 296 g/mol. The zero-order valence-corrected chi connectivity index (χ0v) is 14.6. The third-order valence-electron chi connectivity index (χ3n) is 3.29. The number of rotatable bonds is 10. The van der Waals surface area contributed by atoms with Gasteiger partial charge in [-0.25, -0.2) is 4.79 Å². The van der Waals surface area contributed by atoms with Crippen LogP contribution in [0, 0.1) is 5.92 Å². The average Bonchev–Trinajstić information content (AvgIpc) is 2.36. The van der Waals surface area contributed by atoms with Crippen LogP contribution in [-0.2, 0) is 14.3 Å². The molecule has 21 heavy (non-hydrogen) atoms. The predicted octanol–water partition coefficient (Wildman–Crippen LogP) is 4.67. The molecule has 0 amide bonds. The highest BCUT2D eigenvalue weighted by Gasteiger charge is 2.16. The Balaban J connectivity index is 4.11. The summed E-state index contributed by atoms with van der Waals surface area (Å²) in [5.74, 6) is 0.221. The Morgan fingerprint density at radius 1 is 1.24 bits per heavy atom. The third-order valence-corrected chi connectivity index (χ3v) is 3.29. The van der Waals surface area contributed by atoms with Gasteiger partial charge in [0.05, 0.1) is 12.2 Å². The molecule has 0 aliphatic rings. The number of allylic oxidation sites excluding steroid dienone is 3. The lowest BCUT2D eigenvalue weighted by molar-refractivity contribution is -0.137. The summed E-state index contributed by atoms with van der Waals surface area (Å²) in [4.78, 5) is 11.3. The number of hydrogen-bond acceptors (Lipinski definition) is 3. The van der Waals surface area contributed by atoms with Gasteiger partial charge in [0.15, 0.2) is 0 Å². The molecule has 0 spiro atoms. The minimum Gasteiger partial charge on any atom is -0.463 e. The molecule has 3 nitrogen and oxygen atoms in total.